The molecule has 144 valence electrons. The summed E-state index contributed by atoms with van der Waals surface area (Å²) in [7, 11) is 1.60. The highest BCUT2D eigenvalue weighted by molar-refractivity contribution is 5.96. The first-order chi connectivity index (χ1) is 13.0. The molecule has 0 bridgehead atoms. The standard InChI is InChI=1S/C23H29NO3/c1-4-18(2)24(17-19-9-6-5-7-10-19)23(26)12-8-11-22(25)20-13-15-21(27-3)16-14-20/h5-7,9-10,13-16,18H,4,8,11-12,17H2,1-3H3. The summed E-state index contributed by atoms with van der Waals surface area (Å²) in [5, 5.41) is 0. The molecule has 1 unspecified atom stereocenters. The zero-order chi connectivity index (χ0) is 19.6. The molecule has 4 nitrogen and oxygen atoms in total. The molecule has 0 heterocycles. The van der Waals surface area contributed by atoms with E-state index in [1.165, 1.54) is 0 Å². The van der Waals surface area contributed by atoms with Crippen molar-refractivity contribution < 1.29 is 14.3 Å². The Balaban J connectivity index is 1.89. The Morgan fingerprint density at radius 3 is 2.26 bits per heavy atom. The van der Waals surface area contributed by atoms with Crippen LogP contribution in [0.1, 0.15) is 55.5 Å². The molecule has 0 saturated carbocycles. The minimum Gasteiger partial charge on any atom is -0.497 e. The van der Waals surface area contributed by atoms with Gasteiger partial charge in [0.1, 0.15) is 5.75 Å². The third-order valence-electron chi connectivity index (χ3n) is 4.85. The number of carbonyl (C=O) groups is 2. The maximum atomic E-state index is 12.7. The van der Waals surface area contributed by atoms with Gasteiger partial charge in [-0.2, -0.15) is 0 Å². The maximum absolute atomic E-state index is 12.7. The maximum Gasteiger partial charge on any atom is 0.223 e. The quantitative estimate of drug-likeness (QED) is 0.563. The highest BCUT2D eigenvalue weighted by Crippen LogP contribution is 2.16. The number of rotatable bonds is 10. The molecular weight excluding hydrogens is 338 g/mol. The summed E-state index contributed by atoms with van der Waals surface area (Å²) in [6.07, 6.45) is 2.23. The Labute approximate surface area is 162 Å². The van der Waals surface area contributed by atoms with Crippen LogP contribution in [0.25, 0.3) is 0 Å². The van der Waals surface area contributed by atoms with E-state index in [4.69, 9.17) is 4.74 Å². The van der Waals surface area contributed by atoms with Gasteiger partial charge in [0.15, 0.2) is 5.78 Å². The largest absolute Gasteiger partial charge is 0.497 e. The van der Waals surface area contributed by atoms with Crippen molar-refractivity contribution in [2.75, 3.05) is 7.11 Å². The minimum absolute atomic E-state index is 0.0589. The summed E-state index contributed by atoms with van der Waals surface area (Å²) in [6, 6.07) is 17.3. The third kappa shape index (κ3) is 6.24. The summed E-state index contributed by atoms with van der Waals surface area (Å²) < 4.78 is 5.11. The number of nitrogens with zero attached hydrogens (tertiary/aromatic N) is 1. The van der Waals surface area contributed by atoms with E-state index in [2.05, 4.69) is 13.8 Å². The minimum atomic E-state index is 0.0589. The second kappa shape index (κ2) is 10.5. The molecule has 1 atom stereocenters. The summed E-state index contributed by atoms with van der Waals surface area (Å²) in [5.74, 6) is 0.895. The smallest absolute Gasteiger partial charge is 0.223 e. The van der Waals surface area contributed by atoms with Crippen molar-refractivity contribution in [3.05, 3.63) is 65.7 Å². The Kier molecular flexibility index (Phi) is 8.05. The second-order valence-corrected chi connectivity index (χ2v) is 6.77. The van der Waals surface area contributed by atoms with Gasteiger partial charge in [0.2, 0.25) is 5.91 Å². The molecule has 2 aromatic rings. The molecular formula is C23H29NO3. The third-order valence-corrected chi connectivity index (χ3v) is 4.85. The zero-order valence-electron chi connectivity index (χ0n) is 16.5. The van der Waals surface area contributed by atoms with E-state index in [0.29, 0.717) is 31.4 Å². The number of hydrogen-bond donors (Lipinski definition) is 0. The fourth-order valence-electron chi connectivity index (χ4n) is 2.96. The van der Waals surface area contributed by atoms with Crippen LogP contribution < -0.4 is 4.74 Å². The van der Waals surface area contributed by atoms with Crippen LogP contribution >= 0.6 is 0 Å². The summed E-state index contributed by atoms with van der Waals surface area (Å²) in [6.45, 7) is 4.77. The lowest BCUT2D eigenvalue weighted by Gasteiger charge is -2.29. The summed E-state index contributed by atoms with van der Waals surface area (Å²) >= 11 is 0. The zero-order valence-corrected chi connectivity index (χ0v) is 16.5. The predicted molar refractivity (Wildman–Crippen MR) is 108 cm³/mol. The molecule has 1 amide bonds. The van der Waals surface area contributed by atoms with E-state index in [0.717, 1.165) is 17.7 Å². The van der Waals surface area contributed by atoms with E-state index in [1.807, 2.05) is 35.2 Å². The Bertz CT molecular complexity index is 725. The van der Waals surface area contributed by atoms with Crippen LogP contribution in [0.5, 0.6) is 5.75 Å². The van der Waals surface area contributed by atoms with E-state index in [1.54, 1.807) is 31.4 Å². The van der Waals surface area contributed by atoms with Crippen LogP contribution in [0, 0.1) is 0 Å². The van der Waals surface area contributed by atoms with Gasteiger partial charge in [-0.15, -0.1) is 0 Å². The Hall–Kier alpha value is -2.62. The predicted octanol–water partition coefficient (Wildman–Crippen LogP) is 4.88. The summed E-state index contributed by atoms with van der Waals surface area (Å²) in [4.78, 5) is 27.0. The molecule has 0 aliphatic heterocycles. The lowest BCUT2D eigenvalue weighted by atomic mass is 10.0. The molecule has 0 aromatic heterocycles. The van der Waals surface area contributed by atoms with Crippen LogP contribution in [0.3, 0.4) is 0 Å². The molecule has 0 radical (unpaired) electrons. The van der Waals surface area contributed by atoms with Crippen LogP contribution in [0.2, 0.25) is 0 Å². The van der Waals surface area contributed by atoms with Crippen LogP contribution in [-0.2, 0) is 11.3 Å². The van der Waals surface area contributed by atoms with Gasteiger partial charge < -0.3 is 9.64 Å². The van der Waals surface area contributed by atoms with Gasteiger partial charge in [0.25, 0.3) is 0 Å². The lowest BCUT2D eigenvalue weighted by Crippen LogP contribution is -2.37. The highest BCUT2D eigenvalue weighted by Gasteiger charge is 2.19. The molecule has 0 fully saturated rings. The Morgan fingerprint density at radius 2 is 1.67 bits per heavy atom. The van der Waals surface area contributed by atoms with E-state index in [-0.39, 0.29) is 17.7 Å². The molecule has 0 aliphatic rings. The van der Waals surface area contributed by atoms with Crippen molar-refractivity contribution in [1.29, 1.82) is 0 Å². The second-order valence-electron chi connectivity index (χ2n) is 6.77. The lowest BCUT2D eigenvalue weighted by molar-refractivity contribution is -0.134. The average Bonchev–Trinajstić information content (AvgIpc) is 2.72. The van der Waals surface area contributed by atoms with Crippen molar-refractivity contribution in [2.24, 2.45) is 0 Å². The molecule has 2 rings (SSSR count). The molecule has 0 spiro atoms. The first-order valence-electron chi connectivity index (χ1n) is 9.55. The fourth-order valence-corrected chi connectivity index (χ4v) is 2.96. The number of methoxy groups -OCH3 is 1. The van der Waals surface area contributed by atoms with E-state index in [9.17, 15) is 9.59 Å². The van der Waals surface area contributed by atoms with Crippen molar-refractivity contribution in [2.45, 2.75) is 52.1 Å². The van der Waals surface area contributed by atoms with Gasteiger partial charge in [0.05, 0.1) is 7.11 Å². The molecule has 0 N–H and O–H groups in total. The van der Waals surface area contributed by atoms with Crippen molar-refractivity contribution >= 4 is 11.7 Å². The Morgan fingerprint density at radius 1 is 1.00 bits per heavy atom. The number of carbonyl (C=O) groups excluding carboxylic acids is 2. The highest BCUT2D eigenvalue weighted by atomic mass is 16.5. The van der Waals surface area contributed by atoms with Gasteiger partial charge in [0, 0.05) is 31.0 Å². The van der Waals surface area contributed by atoms with Crippen molar-refractivity contribution in [1.82, 2.24) is 4.90 Å². The van der Waals surface area contributed by atoms with Crippen molar-refractivity contribution in [3.8, 4) is 5.75 Å². The van der Waals surface area contributed by atoms with E-state index >= 15 is 0 Å². The number of ketones is 1. The van der Waals surface area contributed by atoms with Crippen LogP contribution in [0.4, 0.5) is 0 Å². The topological polar surface area (TPSA) is 46.6 Å². The van der Waals surface area contributed by atoms with Gasteiger partial charge in [-0.3, -0.25) is 9.59 Å². The monoisotopic (exact) mass is 367 g/mol. The van der Waals surface area contributed by atoms with E-state index < -0.39 is 0 Å². The molecule has 0 saturated heterocycles. The normalized spacial score (nSPS) is 11.7. The van der Waals surface area contributed by atoms with Crippen LogP contribution in [0.15, 0.2) is 54.6 Å². The van der Waals surface area contributed by atoms with Crippen LogP contribution in [-0.4, -0.2) is 29.7 Å². The first-order valence-corrected chi connectivity index (χ1v) is 9.55. The van der Waals surface area contributed by atoms with Gasteiger partial charge in [-0.1, -0.05) is 37.3 Å². The number of benzene rings is 2. The number of hydrogen-bond acceptors (Lipinski definition) is 3. The first kappa shape index (κ1) is 20.7. The van der Waals surface area contributed by atoms with Gasteiger partial charge >= 0.3 is 0 Å². The SMILES string of the molecule is CCC(C)N(Cc1ccccc1)C(=O)CCCC(=O)c1ccc(OC)cc1. The fraction of sp³-hybridized carbons (Fsp3) is 0.391. The van der Waals surface area contributed by atoms with Gasteiger partial charge in [-0.05, 0) is 49.6 Å². The van der Waals surface area contributed by atoms with Gasteiger partial charge in [-0.25, -0.2) is 0 Å². The van der Waals surface area contributed by atoms with Crippen molar-refractivity contribution in [3.63, 3.8) is 0 Å². The number of ether oxygens (including phenoxy) is 1. The molecule has 4 heteroatoms. The molecule has 0 aliphatic carbocycles. The summed E-state index contributed by atoms with van der Waals surface area (Å²) in [5.41, 5.74) is 1.78. The number of amides is 1. The molecule has 27 heavy (non-hydrogen) atoms. The average molecular weight is 367 g/mol. The molecule has 2 aromatic carbocycles. The number of Topliss-reactive ketones (excluding diaryl/α,β-unsaturated/α-hetero) is 1.